The van der Waals surface area contributed by atoms with Gasteiger partial charge >= 0.3 is 12.1 Å². The number of ether oxygens (including phenoxy) is 2. The van der Waals surface area contributed by atoms with Crippen LogP contribution in [0.15, 0.2) is 60.7 Å². The summed E-state index contributed by atoms with van der Waals surface area (Å²) in [5.41, 5.74) is 3.14. The first kappa shape index (κ1) is 27.9. The Morgan fingerprint density at radius 3 is 2.55 bits per heavy atom. The van der Waals surface area contributed by atoms with Gasteiger partial charge in [-0.1, -0.05) is 67.8 Å². The zero-order chi connectivity index (χ0) is 26.8. The molecule has 2 aliphatic carbocycles. The summed E-state index contributed by atoms with van der Waals surface area (Å²) in [5.74, 6) is 0.803. The normalized spacial score (nSPS) is 18.9. The number of hydrogen-bond donors (Lipinski definition) is 1. The first-order valence-corrected chi connectivity index (χ1v) is 14.0. The van der Waals surface area contributed by atoms with Crippen molar-refractivity contribution in [2.24, 2.45) is 11.3 Å². The quantitative estimate of drug-likeness (QED) is 0.359. The molecule has 0 spiro atoms. The number of esters is 1. The minimum Gasteiger partial charge on any atom is -0.461 e. The van der Waals surface area contributed by atoms with Crippen molar-refractivity contribution in [3.05, 3.63) is 71.8 Å². The summed E-state index contributed by atoms with van der Waals surface area (Å²) in [6.07, 6.45) is 10.7. The Bertz CT molecular complexity index is 1090. The van der Waals surface area contributed by atoms with E-state index in [9.17, 15) is 9.59 Å². The van der Waals surface area contributed by atoms with Gasteiger partial charge < -0.3 is 19.7 Å². The van der Waals surface area contributed by atoms with Crippen LogP contribution >= 0.6 is 0 Å². The summed E-state index contributed by atoms with van der Waals surface area (Å²) in [7, 11) is 4.22. The average Bonchev–Trinajstić information content (AvgIpc) is 2.92. The first-order valence-electron chi connectivity index (χ1n) is 14.0. The molecule has 38 heavy (non-hydrogen) atoms. The van der Waals surface area contributed by atoms with Crippen molar-refractivity contribution < 1.29 is 19.1 Å². The van der Waals surface area contributed by atoms with Gasteiger partial charge in [0.1, 0.15) is 12.4 Å². The van der Waals surface area contributed by atoms with Crippen LogP contribution in [0.3, 0.4) is 0 Å². The lowest BCUT2D eigenvalue weighted by Gasteiger charge is -2.36. The van der Waals surface area contributed by atoms with Crippen molar-refractivity contribution in [3.63, 3.8) is 0 Å². The van der Waals surface area contributed by atoms with E-state index >= 15 is 0 Å². The highest BCUT2D eigenvalue weighted by molar-refractivity contribution is 5.73. The fourth-order valence-corrected chi connectivity index (χ4v) is 5.88. The van der Waals surface area contributed by atoms with Gasteiger partial charge in [0.25, 0.3) is 0 Å². The van der Waals surface area contributed by atoms with Crippen molar-refractivity contribution in [3.8, 4) is 5.75 Å². The Balaban J connectivity index is 1.34. The highest BCUT2D eigenvalue weighted by atomic mass is 16.6. The topological polar surface area (TPSA) is 67.9 Å². The molecule has 1 fully saturated rings. The van der Waals surface area contributed by atoms with Gasteiger partial charge in [0.15, 0.2) is 0 Å². The molecule has 0 aliphatic heterocycles. The predicted molar refractivity (Wildman–Crippen MR) is 151 cm³/mol. The maximum absolute atomic E-state index is 12.8. The second-order valence-corrected chi connectivity index (χ2v) is 11.2. The lowest BCUT2D eigenvalue weighted by atomic mass is 9.71. The third-order valence-corrected chi connectivity index (χ3v) is 7.81. The van der Waals surface area contributed by atoms with E-state index in [1.54, 1.807) is 0 Å². The largest absolute Gasteiger partial charge is 0.461 e. The summed E-state index contributed by atoms with van der Waals surface area (Å²) < 4.78 is 11.3. The molecule has 0 bridgehead atoms. The van der Waals surface area contributed by atoms with Crippen LogP contribution in [0.2, 0.25) is 0 Å². The lowest BCUT2D eigenvalue weighted by molar-refractivity contribution is -0.148. The molecular weight excluding hydrogens is 476 g/mol. The molecule has 1 unspecified atom stereocenters. The fourth-order valence-electron chi connectivity index (χ4n) is 5.88. The summed E-state index contributed by atoms with van der Waals surface area (Å²) in [5, 5.41) is 2.96. The fraction of sp³-hybridized carbons (Fsp3) is 0.500. The number of benzene rings is 2. The number of amides is 1. The van der Waals surface area contributed by atoms with Crippen LogP contribution in [0.25, 0.3) is 5.57 Å². The van der Waals surface area contributed by atoms with E-state index in [2.05, 4.69) is 36.5 Å². The van der Waals surface area contributed by atoms with Crippen LogP contribution in [-0.4, -0.2) is 44.1 Å². The zero-order valence-corrected chi connectivity index (χ0v) is 22.9. The molecule has 1 saturated carbocycles. The monoisotopic (exact) mass is 518 g/mol. The van der Waals surface area contributed by atoms with E-state index in [1.807, 2.05) is 48.5 Å². The Kier molecular flexibility index (Phi) is 9.99. The summed E-state index contributed by atoms with van der Waals surface area (Å²) >= 11 is 0. The van der Waals surface area contributed by atoms with Gasteiger partial charge in [-0.25, -0.2) is 4.79 Å². The second-order valence-electron chi connectivity index (χ2n) is 11.2. The smallest absolute Gasteiger partial charge is 0.412 e. The Morgan fingerprint density at radius 2 is 1.79 bits per heavy atom. The van der Waals surface area contributed by atoms with Crippen LogP contribution in [0, 0.1) is 11.3 Å². The van der Waals surface area contributed by atoms with E-state index in [1.165, 1.54) is 18.4 Å². The van der Waals surface area contributed by atoms with E-state index in [4.69, 9.17) is 9.47 Å². The van der Waals surface area contributed by atoms with Crippen LogP contribution in [0.4, 0.5) is 4.79 Å². The minimum absolute atomic E-state index is 0.216. The van der Waals surface area contributed by atoms with Crippen LogP contribution in [-0.2, 0) is 16.1 Å². The molecule has 2 aliphatic rings. The molecule has 6 heteroatoms. The summed E-state index contributed by atoms with van der Waals surface area (Å²) in [6.45, 7) is 1.68. The molecule has 4 rings (SSSR count). The summed E-state index contributed by atoms with van der Waals surface area (Å²) in [6, 6.07) is 17.6. The van der Waals surface area contributed by atoms with Gasteiger partial charge in [-0.15, -0.1) is 0 Å². The second kappa shape index (κ2) is 13.6. The highest BCUT2D eigenvalue weighted by Crippen LogP contribution is 2.39. The molecule has 204 valence electrons. The standard InChI is InChI=1S/C32H42N2O4/c1-34(2)22-27-14-7-8-17-29(27)26-15-11-16-28(20-26)38-31(36)33-24-32(18-9-4-10-19-32)21-30(35)37-23-25-12-5-3-6-13-25/h3,5-6,11-13,15-17,20,27H,4,7-10,14,18-19,21-24H2,1-2H3,(H,33,36). The van der Waals surface area contributed by atoms with Gasteiger partial charge in [0, 0.05) is 13.1 Å². The van der Waals surface area contributed by atoms with Crippen LogP contribution < -0.4 is 10.1 Å². The van der Waals surface area contributed by atoms with E-state index in [0.29, 0.717) is 24.6 Å². The maximum atomic E-state index is 12.8. The molecule has 0 aromatic heterocycles. The third kappa shape index (κ3) is 8.19. The van der Waals surface area contributed by atoms with Crippen molar-refractivity contribution in [1.82, 2.24) is 10.2 Å². The maximum Gasteiger partial charge on any atom is 0.412 e. The van der Waals surface area contributed by atoms with Gasteiger partial charge in [-0.3, -0.25) is 4.79 Å². The molecule has 0 heterocycles. The molecule has 0 radical (unpaired) electrons. The minimum atomic E-state index is -0.479. The van der Waals surface area contributed by atoms with E-state index in [-0.39, 0.29) is 18.0 Å². The molecule has 1 amide bonds. The summed E-state index contributed by atoms with van der Waals surface area (Å²) in [4.78, 5) is 27.8. The first-order chi connectivity index (χ1) is 18.4. The van der Waals surface area contributed by atoms with Crippen molar-refractivity contribution >= 4 is 17.6 Å². The number of allylic oxidation sites excluding steroid dienone is 1. The molecule has 1 N–H and O–H groups in total. The van der Waals surface area contributed by atoms with Crippen molar-refractivity contribution in [2.45, 2.75) is 64.4 Å². The van der Waals surface area contributed by atoms with Gasteiger partial charge in [0.2, 0.25) is 0 Å². The van der Waals surface area contributed by atoms with E-state index < -0.39 is 6.09 Å². The highest BCUT2D eigenvalue weighted by Gasteiger charge is 2.35. The molecule has 1 atom stereocenters. The Morgan fingerprint density at radius 1 is 1.00 bits per heavy atom. The number of hydrogen-bond acceptors (Lipinski definition) is 5. The van der Waals surface area contributed by atoms with Crippen molar-refractivity contribution in [2.75, 3.05) is 27.2 Å². The van der Waals surface area contributed by atoms with Crippen LogP contribution in [0.1, 0.15) is 68.9 Å². The number of rotatable bonds is 10. The molecule has 6 nitrogen and oxygen atoms in total. The lowest BCUT2D eigenvalue weighted by Crippen LogP contribution is -2.41. The predicted octanol–water partition coefficient (Wildman–Crippen LogP) is 6.60. The SMILES string of the molecule is CN(C)CC1CCCC=C1c1cccc(OC(=O)NCC2(CC(=O)OCc3ccccc3)CCCCC2)c1. The zero-order valence-electron chi connectivity index (χ0n) is 22.9. The Labute approximate surface area is 227 Å². The van der Waals surface area contributed by atoms with Gasteiger partial charge in [-0.05, 0) is 86.4 Å². The third-order valence-electron chi connectivity index (χ3n) is 7.81. The molecule has 2 aromatic rings. The molecule has 2 aromatic carbocycles. The number of nitrogens with one attached hydrogen (secondary N) is 1. The average molecular weight is 519 g/mol. The van der Waals surface area contributed by atoms with Crippen molar-refractivity contribution in [1.29, 1.82) is 0 Å². The Hall–Kier alpha value is -3.12. The van der Waals surface area contributed by atoms with Gasteiger partial charge in [0.05, 0.1) is 6.42 Å². The number of carbonyl (C=O) groups excluding carboxylic acids is 2. The molecular formula is C32H42N2O4. The van der Waals surface area contributed by atoms with Crippen LogP contribution in [0.5, 0.6) is 5.75 Å². The van der Waals surface area contributed by atoms with E-state index in [0.717, 1.165) is 56.2 Å². The van der Waals surface area contributed by atoms with Gasteiger partial charge in [-0.2, -0.15) is 0 Å². The number of nitrogens with zero attached hydrogens (tertiary/aromatic N) is 1. The molecule has 0 saturated heterocycles. The number of carbonyl (C=O) groups is 2.